The van der Waals surface area contributed by atoms with Crippen LogP contribution in [-0.2, 0) is 12.0 Å². The van der Waals surface area contributed by atoms with Crippen molar-refractivity contribution in [2.45, 2.75) is 25.3 Å². The summed E-state index contributed by atoms with van der Waals surface area (Å²) in [6.45, 7) is 5.88. The van der Waals surface area contributed by atoms with Gasteiger partial charge in [0.1, 0.15) is 0 Å². The van der Waals surface area contributed by atoms with Crippen molar-refractivity contribution in [2.75, 3.05) is 24.5 Å². The molecule has 5 heterocycles. The number of amides is 1. The summed E-state index contributed by atoms with van der Waals surface area (Å²) in [6, 6.07) is 10.3. The van der Waals surface area contributed by atoms with E-state index in [2.05, 4.69) is 24.0 Å². The van der Waals surface area contributed by atoms with Gasteiger partial charge in [0.15, 0.2) is 0 Å². The lowest BCUT2D eigenvalue weighted by atomic mass is 9.85. The van der Waals surface area contributed by atoms with Gasteiger partial charge in [-0.3, -0.25) is 14.7 Å². The van der Waals surface area contributed by atoms with Crippen molar-refractivity contribution in [3.63, 3.8) is 0 Å². The quantitative estimate of drug-likeness (QED) is 0.663. The van der Waals surface area contributed by atoms with Crippen LogP contribution in [0.3, 0.4) is 0 Å². The van der Waals surface area contributed by atoms with E-state index in [1.54, 1.807) is 11.3 Å². The van der Waals surface area contributed by atoms with E-state index in [4.69, 9.17) is 4.98 Å². The van der Waals surface area contributed by atoms with Gasteiger partial charge in [-0.15, -0.1) is 11.3 Å². The predicted octanol–water partition coefficient (Wildman–Crippen LogP) is 4.32. The lowest BCUT2D eigenvalue weighted by Crippen LogP contribution is -2.39. The maximum absolute atomic E-state index is 13.1. The second kappa shape index (κ2) is 6.55. The van der Waals surface area contributed by atoms with Gasteiger partial charge in [-0.05, 0) is 55.6 Å². The third-order valence-corrected chi connectivity index (χ3v) is 7.33. The van der Waals surface area contributed by atoms with Crippen molar-refractivity contribution in [3.8, 4) is 0 Å². The summed E-state index contributed by atoms with van der Waals surface area (Å²) < 4.78 is 0. The monoisotopic (exact) mass is 395 g/mol. The van der Waals surface area contributed by atoms with Gasteiger partial charge in [0.2, 0.25) is 0 Å². The van der Waals surface area contributed by atoms with Gasteiger partial charge in [0.05, 0.1) is 16.9 Å². The van der Waals surface area contributed by atoms with Crippen LogP contribution in [0.2, 0.25) is 0 Å². The number of likely N-dealkylation sites (tertiary alicyclic amines) is 1. The van der Waals surface area contributed by atoms with Gasteiger partial charge in [-0.2, -0.15) is 11.3 Å². The Bertz CT molecular complexity index is 981. The molecule has 0 radical (unpaired) electrons. The fourth-order valence-corrected chi connectivity index (χ4v) is 5.98. The number of carbonyl (C=O) groups is 1. The van der Waals surface area contributed by atoms with E-state index in [9.17, 15) is 4.79 Å². The normalized spacial score (nSPS) is 21.9. The first-order valence-electron chi connectivity index (χ1n) is 9.22. The number of carbonyl (C=O) groups excluding carboxylic acids is 1. The minimum atomic E-state index is -0.0470. The summed E-state index contributed by atoms with van der Waals surface area (Å²) >= 11 is 3.44. The van der Waals surface area contributed by atoms with E-state index in [0.717, 1.165) is 49.5 Å². The Kier molecular flexibility index (Phi) is 4.15. The largest absolute Gasteiger partial charge is 0.305 e. The number of fused-ring (bicyclic) bond motifs is 2. The molecule has 2 aliphatic rings. The highest BCUT2D eigenvalue weighted by Crippen LogP contribution is 2.46. The molecule has 1 saturated heterocycles. The van der Waals surface area contributed by atoms with Crippen LogP contribution in [0.1, 0.15) is 32.2 Å². The average Bonchev–Trinajstić information content (AvgIpc) is 3.45. The number of anilines is 1. The Morgan fingerprint density at radius 3 is 2.96 bits per heavy atom. The van der Waals surface area contributed by atoms with Crippen molar-refractivity contribution in [3.05, 3.63) is 68.3 Å². The van der Waals surface area contributed by atoms with Crippen LogP contribution in [0.5, 0.6) is 0 Å². The number of pyridine rings is 1. The number of nitrogens with zero attached hydrogens (tertiary/aromatic N) is 3. The summed E-state index contributed by atoms with van der Waals surface area (Å²) in [5.74, 6) is 0.0923. The van der Waals surface area contributed by atoms with Gasteiger partial charge in [-0.25, -0.2) is 0 Å². The number of aromatic nitrogens is 1. The summed E-state index contributed by atoms with van der Waals surface area (Å²) in [6.07, 6.45) is 2.92. The molecule has 6 heteroatoms. The van der Waals surface area contributed by atoms with Gasteiger partial charge >= 0.3 is 0 Å². The summed E-state index contributed by atoms with van der Waals surface area (Å²) in [7, 11) is 0. The zero-order chi connectivity index (χ0) is 18.4. The zero-order valence-electron chi connectivity index (χ0n) is 15.2. The fourth-order valence-electron chi connectivity index (χ4n) is 4.42. The molecule has 0 aromatic carbocycles. The number of rotatable bonds is 3. The first kappa shape index (κ1) is 17.1. The molecular weight excluding hydrogens is 374 g/mol. The Morgan fingerprint density at radius 2 is 2.19 bits per heavy atom. The number of aryl methyl sites for hydroxylation is 1. The molecule has 1 fully saturated rings. The first-order chi connectivity index (χ1) is 13.1. The fraction of sp³-hybridized carbons (Fsp3) is 0.333. The molecule has 5 rings (SSSR count). The van der Waals surface area contributed by atoms with E-state index in [1.807, 2.05) is 51.4 Å². The summed E-state index contributed by atoms with van der Waals surface area (Å²) in [5, 5.41) is 3.90. The van der Waals surface area contributed by atoms with Crippen molar-refractivity contribution in [1.82, 2.24) is 9.88 Å². The van der Waals surface area contributed by atoms with Gasteiger partial charge in [-0.1, -0.05) is 0 Å². The molecule has 138 valence electrons. The third-order valence-electron chi connectivity index (χ3n) is 5.66. The highest BCUT2D eigenvalue weighted by Gasteiger charge is 2.49. The van der Waals surface area contributed by atoms with Crippen LogP contribution in [0.4, 0.5) is 5.69 Å². The van der Waals surface area contributed by atoms with Crippen LogP contribution in [0.15, 0.2) is 47.3 Å². The number of hydrogen-bond donors (Lipinski definition) is 0. The molecule has 4 nitrogen and oxygen atoms in total. The second-order valence-electron chi connectivity index (χ2n) is 7.53. The van der Waals surface area contributed by atoms with Crippen molar-refractivity contribution < 1.29 is 4.79 Å². The topological polar surface area (TPSA) is 36.4 Å². The maximum atomic E-state index is 13.1. The second-order valence-corrected chi connectivity index (χ2v) is 9.68. The van der Waals surface area contributed by atoms with Crippen LogP contribution >= 0.6 is 22.7 Å². The molecule has 1 unspecified atom stereocenters. The molecule has 1 spiro atoms. The molecule has 0 N–H and O–H groups in total. The molecule has 3 aromatic heterocycles. The Hall–Kier alpha value is -2.02. The van der Waals surface area contributed by atoms with E-state index in [0.29, 0.717) is 0 Å². The van der Waals surface area contributed by atoms with Crippen LogP contribution < -0.4 is 4.90 Å². The summed E-state index contributed by atoms with van der Waals surface area (Å²) in [5.41, 5.74) is 2.81. The minimum absolute atomic E-state index is 0.0470. The number of thiophene rings is 2. The third kappa shape index (κ3) is 2.92. The van der Waals surface area contributed by atoms with Crippen LogP contribution in [0.25, 0.3) is 0 Å². The minimum Gasteiger partial charge on any atom is -0.305 e. The SMILES string of the molecule is Cc1ccc(CN2CCC3(C2)CN(C(=O)c2ccsc2)c2cccnc23)s1. The molecule has 0 saturated carbocycles. The molecule has 27 heavy (non-hydrogen) atoms. The van der Waals surface area contributed by atoms with Crippen LogP contribution in [0, 0.1) is 6.92 Å². The molecule has 0 bridgehead atoms. The van der Waals surface area contributed by atoms with E-state index < -0.39 is 0 Å². The highest BCUT2D eigenvalue weighted by molar-refractivity contribution is 7.11. The van der Waals surface area contributed by atoms with Crippen molar-refractivity contribution >= 4 is 34.3 Å². The number of hydrogen-bond acceptors (Lipinski definition) is 5. The van der Waals surface area contributed by atoms with Crippen molar-refractivity contribution in [1.29, 1.82) is 0 Å². The predicted molar refractivity (Wildman–Crippen MR) is 111 cm³/mol. The first-order valence-corrected chi connectivity index (χ1v) is 11.0. The Balaban J connectivity index is 1.43. The van der Waals surface area contributed by atoms with Gasteiger partial charge in [0, 0.05) is 46.4 Å². The lowest BCUT2D eigenvalue weighted by molar-refractivity contribution is 0.0985. The van der Waals surface area contributed by atoms with E-state index >= 15 is 0 Å². The highest BCUT2D eigenvalue weighted by atomic mass is 32.1. The molecule has 1 amide bonds. The maximum Gasteiger partial charge on any atom is 0.259 e. The smallest absolute Gasteiger partial charge is 0.259 e. The van der Waals surface area contributed by atoms with Gasteiger partial charge < -0.3 is 4.90 Å². The lowest BCUT2D eigenvalue weighted by Gasteiger charge is -2.25. The molecule has 1 atom stereocenters. The zero-order valence-corrected chi connectivity index (χ0v) is 16.9. The van der Waals surface area contributed by atoms with E-state index in [-0.39, 0.29) is 11.3 Å². The molecule has 0 aliphatic carbocycles. The molecular formula is C21H21N3OS2. The Labute approximate surface area is 167 Å². The van der Waals surface area contributed by atoms with Crippen molar-refractivity contribution in [2.24, 2.45) is 0 Å². The standard InChI is InChI=1S/C21H21N3OS2/c1-15-4-5-17(27-15)11-23-9-7-21(13-23)14-24(18-3-2-8-22-19(18)21)20(25)16-6-10-26-12-16/h2-6,8,10,12H,7,9,11,13-14H2,1H3. The Morgan fingerprint density at radius 1 is 1.26 bits per heavy atom. The van der Waals surface area contributed by atoms with Crippen LogP contribution in [-0.4, -0.2) is 35.4 Å². The summed E-state index contributed by atoms with van der Waals surface area (Å²) in [4.78, 5) is 25.1. The van der Waals surface area contributed by atoms with E-state index in [1.165, 1.54) is 9.75 Å². The average molecular weight is 396 g/mol. The molecule has 3 aromatic rings. The molecule has 2 aliphatic heterocycles. The van der Waals surface area contributed by atoms with Gasteiger partial charge in [0.25, 0.3) is 5.91 Å².